The maximum Gasteiger partial charge on any atom is 0.329 e. The van der Waals surface area contributed by atoms with E-state index in [0.29, 0.717) is 30.8 Å². The normalized spacial score (nSPS) is 19.7. The van der Waals surface area contributed by atoms with Crippen LogP contribution in [0.2, 0.25) is 0 Å². The van der Waals surface area contributed by atoms with Gasteiger partial charge in [0, 0.05) is 31.9 Å². The number of nitrogens with zero attached hydrogens (tertiary/aromatic N) is 3. The fourth-order valence-electron chi connectivity index (χ4n) is 3.45. The molecular formula is C18H25N5O3. The Balaban J connectivity index is 2.00. The van der Waals surface area contributed by atoms with Gasteiger partial charge in [0.05, 0.1) is 10.9 Å². The summed E-state index contributed by atoms with van der Waals surface area (Å²) in [5.41, 5.74) is 5.61. The lowest BCUT2D eigenvalue weighted by Crippen LogP contribution is -2.54. The lowest BCUT2D eigenvalue weighted by Gasteiger charge is -2.42. The number of hydrogen-bond acceptors (Lipinski definition) is 5. The Morgan fingerprint density at radius 3 is 2.81 bits per heavy atom. The molecular weight excluding hydrogens is 334 g/mol. The molecule has 0 bridgehead atoms. The first-order valence-corrected chi connectivity index (χ1v) is 8.92. The first-order valence-electron chi connectivity index (χ1n) is 8.92. The number of carbonyl (C=O) groups is 1. The molecule has 2 aromatic heterocycles. The monoisotopic (exact) mass is 359 g/mol. The molecule has 1 unspecified atom stereocenters. The lowest BCUT2D eigenvalue weighted by atomic mass is 9.79. The van der Waals surface area contributed by atoms with Crippen molar-refractivity contribution in [2.75, 3.05) is 13.1 Å². The molecule has 1 aliphatic rings. The number of nitrogens with two attached hydrogens (primary N) is 1. The standard InChI is InChI=1S/C18H25N5O3/c1-4-6-23-14-12(15(24)21-17(23)26)8-11(9-20-14)16(25)22-7-5-13(19)18(2,3)10-22/h8-9,13H,4-7,10,19H2,1-3H3,(H,21,24,26). The first-order chi connectivity index (χ1) is 12.2. The second-order valence-corrected chi connectivity index (χ2v) is 7.62. The highest BCUT2D eigenvalue weighted by Gasteiger charge is 2.35. The maximum atomic E-state index is 12.9. The molecule has 0 spiro atoms. The van der Waals surface area contributed by atoms with Crippen LogP contribution < -0.4 is 17.0 Å². The number of fused-ring (bicyclic) bond motifs is 1. The van der Waals surface area contributed by atoms with Crippen molar-refractivity contribution in [2.45, 2.75) is 46.2 Å². The number of amides is 1. The number of carbonyl (C=O) groups excluding carboxylic acids is 1. The summed E-state index contributed by atoms with van der Waals surface area (Å²) in [4.78, 5) is 45.4. The van der Waals surface area contributed by atoms with E-state index in [1.807, 2.05) is 20.8 Å². The van der Waals surface area contributed by atoms with Gasteiger partial charge in [-0.15, -0.1) is 0 Å². The summed E-state index contributed by atoms with van der Waals surface area (Å²) >= 11 is 0. The van der Waals surface area contributed by atoms with Crippen molar-refractivity contribution < 1.29 is 4.79 Å². The molecule has 0 saturated carbocycles. The zero-order valence-electron chi connectivity index (χ0n) is 15.4. The average Bonchev–Trinajstić information content (AvgIpc) is 2.60. The minimum atomic E-state index is -0.527. The van der Waals surface area contributed by atoms with Crippen LogP contribution >= 0.6 is 0 Å². The van der Waals surface area contributed by atoms with Gasteiger partial charge in [-0.05, 0) is 24.3 Å². The van der Waals surface area contributed by atoms with Crippen LogP contribution in [0.1, 0.15) is 44.0 Å². The van der Waals surface area contributed by atoms with E-state index >= 15 is 0 Å². The Labute approximate surface area is 151 Å². The van der Waals surface area contributed by atoms with E-state index in [2.05, 4.69) is 9.97 Å². The molecule has 8 nitrogen and oxygen atoms in total. The number of rotatable bonds is 3. The van der Waals surface area contributed by atoms with Crippen molar-refractivity contribution in [3.05, 3.63) is 38.7 Å². The Morgan fingerprint density at radius 1 is 1.42 bits per heavy atom. The minimum absolute atomic E-state index is 0.0487. The van der Waals surface area contributed by atoms with Gasteiger partial charge in [0.15, 0.2) is 0 Å². The molecule has 1 aliphatic heterocycles. The van der Waals surface area contributed by atoms with E-state index < -0.39 is 11.2 Å². The minimum Gasteiger partial charge on any atom is -0.338 e. The number of nitrogens with one attached hydrogen (secondary N) is 1. The van der Waals surface area contributed by atoms with Crippen LogP contribution in [0.25, 0.3) is 11.0 Å². The molecule has 3 N–H and O–H groups in total. The molecule has 26 heavy (non-hydrogen) atoms. The molecule has 1 amide bonds. The highest BCUT2D eigenvalue weighted by atomic mass is 16.2. The van der Waals surface area contributed by atoms with Gasteiger partial charge >= 0.3 is 5.69 Å². The average molecular weight is 359 g/mol. The predicted octanol–water partition coefficient (Wildman–Crippen LogP) is 0.694. The summed E-state index contributed by atoms with van der Waals surface area (Å²) < 4.78 is 1.42. The number of H-pyrrole nitrogens is 1. The number of aromatic nitrogens is 3. The first kappa shape index (κ1) is 18.3. The molecule has 1 saturated heterocycles. The van der Waals surface area contributed by atoms with Gasteiger partial charge < -0.3 is 10.6 Å². The van der Waals surface area contributed by atoms with Gasteiger partial charge in [0.2, 0.25) is 0 Å². The Kier molecular flexibility index (Phi) is 4.70. The molecule has 1 fully saturated rings. The second-order valence-electron chi connectivity index (χ2n) is 7.62. The molecule has 3 heterocycles. The number of aryl methyl sites for hydroxylation is 1. The topological polar surface area (TPSA) is 114 Å². The highest BCUT2D eigenvalue weighted by Crippen LogP contribution is 2.28. The number of piperidine rings is 1. The van der Waals surface area contributed by atoms with E-state index in [9.17, 15) is 14.4 Å². The summed E-state index contributed by atoms with van der Waals surface area (Å²) in [5.74, 6) is -0.174. The van der Waals surface area contributed by atoms with Gasteiger partial charge in [-0.1, -0.05) is 20.8 Å². The Morgan fingerprint density at radius 2 is 2.15 bits per heavy atom. The molecule has 3 rings (SSSR count). The molecule has 1 atom stereocenters. The van der Waals surface area contributed by atoms with Gasteiger partial charge in [-0.2, -0.15) is 0 Å². The smallest absolute Gasteiger partial charge is 0.329 e. The van der Waals surface area contributed by atoms with Crippen LogP contribution in [0.15, 0.2) is 21.9 Å². The fourth-order valence-corrected chi connectivity index (χ4v) is 3.45. The van der Waals surface area contributed by atoms with Crippen molar-refractivity contribution in [3.8, 4) is 0 Å². The van der Waals surface area contributed by atoms with Crippen LogP contribution in [0.5, 0.6) is 0 Å². The number of pyridine rings is 1. The van der Waals surface area contributed by atoms with Crippen LogP contribution in [0.3, 0.4) is 0 Å². The highest BCUT2D eigenvalue weighted by molar-refractivity contribution is 5.96. The maximum absolute atomic E-state index is 12.9. The van der Waals surface area contributed by atoms with Crippen molar-refractivity contribution >= 4 is 16.9 Å². The summed E-state index contributed by atoms with van der Waals surface area (Å²) in [5, 5.41) is 0.247. The van der Waals surface area contributed by atoms with E-state index in [0.717, 1.165) is 12.8 Å². The molecule has 0 radical (unpaired) electrons. The van der Waals surface area contributed by atoms with Crippen LogP contribution in [-0.2, 0) is 6.54 Å². The third-order valence-electron chi connectivity index (χ3n) is 5.13. The van der Waals surface area contributed by atoms with Crippen molar-refractivity contribution in [3.63, 3.8) is 0 Å². The molecule has 2 aromatic rings. The quantitative estimate of drug-likeness (QED) is 0.837. The second kappa shape index (κ2) is 6.68. The van der Waals surface area contributed by atoms with Crippen molar-refractivity contribution in [1.82, 2.24) is 19.4 Å². The van der Waals surface area contributed by atoms with Crippen LogP contribution in [0.4, 0.5) is 0 Å². The predicted molar refractivity (Wildman–Crippen MR) is 99.2 cm³/mol. The largest absolute Gasteiger partial charge is 0.338 e. The van der Waals surface area contributed by atoms with Crippen LogP contribution in [0, 0.1) is 5.41 Å². The third-order valence-corrected chi connectivity index (χ3v) is 5.13. The van der Waals surface area contributed by atoms with Crippen molar-refractivity contribution in [1.29, 1.82) is 0 Å². The lowest BCUT2D eigenvalue weighted by molar-refractivity contribution is 0.0533. The zero-order chi connectivity index (χ0) is 19.1. The zero-order valence-corrected chi connectivity index (χ0v) is 15.4. The van der Waals surface area contributed by atoms with Crippen LogP contribution in [-0.4, -0.2) is 44.5 Å². The molecule has 0 aromatic carbocycles. The molecule has 0 aliphatic carbocycles. The summed E-state index contributed by atoms with van der Waals surface area (Å²) in [6.45, 7) is 7.60. The van der Waals surface area contributed by atoms with E-state index in [4.69, 9.17) is 5.73 Å². The van der Waals surface area contributed by atoms with Gasteiger partial charge in [0.1, 0.15) is 5.65 Å². The Bertz CT molecular complexity index is 959. The molecule has 140 valence electrons. The summed E-state index contributed by atoms with van der Waals surface area (Å²) in [6, 6.07) is 1.57. The summed E-state index contributed by atoms with van der Waals surface area (Å²) in [6.07, 6.45) is 2.90. The van der Waals surface area contributed by atoms with E-state index in [1.165, 1.54) is 16.8 Å². The summed E-state index contributed by atoms with van der Waals surface area (Å²) in [7, 11) is 0. The molecule has 8 heteroatoms. The van der Waals surface area contributed by atoms with E-state index in [-0.39, 0.29) is 22.8 Å². The SMILES string of the molecule is CCCn1c(=O)[nH]c(=O)c2cc(C(=O)N3CCC(N)C(C)(C)C3)cnc21. The number of hydrogen-bond donors (Lipinski definition) is 2. The fraction of sp³-hybridized carbons (Fsp3) is 0.556. The number of likely N-dealkylation sites (tertiary alicyclic amines) is 1. The van der Waals surface area contributed by atoms with Gasteiger partial charge in [-0.25, -0.2) is 9.78 Å². The van der Waals surface area contributed by atoms with Gasteiger partial charge in [-0.3, -0.25) is 19.1 Å². The van der Waals surface area contributed by atoms with E-state index in [1.54, 1.807) is 4.90 Å². The third kappa shape index (κ3) is 3.16. The van der Waals surface area contributed by atoms with Gasteiger partial charge in [0.25, 0.3) is 11.5 Å². The Hall–Kier alpha value is -2.48. The number of aromatic amines is 1. The van der Waals surface area contributed by atoms with Crippen molar-refractivity contribution in [2.24, 2.45) is 11.1 Å².